The summed E-state index contributed by atoms with van der Waals surface area (Å²) in [6.07, 6.45) is 3.02. The van der Waals surface area contributed by atoms with Crippen LogP contribution in [0.5, 0.6) is 5.75 Å². The van der Waals surface area contributed by atoms with Crippen LogP contribution in [0.2, 0.25) is 0 Å². The van der Waals surface area contributed by atoms with Gasteiger partial charge in [-0.3, -0.25) is 0 Å². The third kappa shape index (κ3) is 2.23. The summed E-state index contributed by atoms with van der Waals surface area (Å²) in [6, 6.07) is 6.68. The van der Waals surface area contributed by atoms with Crippen LogP contribution in [0.4, 0.5) is 0 Å². The maximum atomic E-state index is 9.80. The fourth-order valence-corrected chi connectivity index (χ4v) is 2.65. The molecule has 1 aromatic rings. The Balaban J connectivity index is 2.61. The summed E-state index contributed by atoms with van der Waals surface area (Å²) in [4.78, 5) is 0. The zero-order valence-corrected chi connectivity index (χ0v) is 12.6. The lowest BCUT2D eigenvalue weighted by Crippen LogP contribution is -2.37. The summed E-state index contributed by atoms with van der Waals surface area (Å²) in [5.74, 6) is 0.0658. The first-order chi connectivity index (χ1) is 8.27. The van der Waals surface area contributed by atoms with Gasteiger partial charge in [0, 0.05) is 11.1 Å². The highest BCUT2D eigenvalue weighted by atomic mass is 35.5. The van der Waals surface area contributed by atoms with Gasteiger partial charge < -0.3 is 5.11 Å². The third-order valence-electron chi connectivity index (χ3n) is 2.58. The Morgan fingerprint density at radius 2 is 1.61 bits per heavy atom. The van der Waals surface area contributed by atoms with Gasteiger partial charge in [-0.25, -0.2) is 0 Å². The van der Waals surface area contributed by atoms with Crippen LogP contribution in [0, 0.1) is 0 Å². The Hall–Kier alpha value is -0.0500. The number of para-hydroxylation sites is 1. The Morgan fingerprint density at radius 3 is 2.22 bits per heavy atom. The van der Waals surface area contributed by atoms with E-state index in [9.17, 15) is 5.11 Å². The molecule has 18 heavy (non-hydrogen) atoms. The largest absolute Gasteiger partial charge is 0.507 e. The molecule has 1 N–H and O–H groups in total. The van der Waals surface area contributed by atoms with Gasteiger partial charge in [0.2, 0.25) is 0 Å². The molecule has 0 saturated heterocycles. The van der Waals surface area contributed by atoms with E-state index in [0.29, 0.717) is 11.1 Å². The standard InChI is InChI=1S/C12H7Cl5O/c13-10-8(7-3-1-2-4-9(7)18)5-6-11(14,15)12(10,16)17/h1-6,18H. The minimum absolute atomic E-state index is 0.0658. The maximum Gasteiger partial charge on any atom is 0.190 e. The van der Waals surface area contributed by atoms with Crippen molar-refractivity contribution in [3.8, 4) is 5.75 Å². The van der Waals surface area contributed by atoms with E-state index in [2.05, 4.69) is 0 Å². The van der Waals surface area contributed by atoms with Crippen LogP contribution in [-0.4, -0.2) is 13.8 Å². The number of alkyl halides is 4. The maximum absolute atomic E-state index is 9.80. The third-order valence-corrected chi connectivity index (χ3v) is 5.44. The molecule has 2 rings (SSSR count). The molecule has 0 aromatic heterocycles. The molecule has 0 spiro atoms. The van der Waals surface area contributed by atoms with Crippen LogP contribution < -0.4 is 0 Å². The van der Waals surface area contributed by atoms with E-state index in [4.69, 9.17) is 58.0 Å². The van der Waals surface area contributed by atoms with Gasteiger partial charge in [0.1, 0.15) is 5.75 Å². The molecular formula is C12H7Cl5O. The van der Waals surface area contributed by atoms with E-state index in [-0.39, 0.29) is 10.8 Å². The molecule has 0 heterocycles. The van der Waals surface area contributed by atoms with E-state index in [1.54, 1.807) is 24.3 Å². The van der Waals surface area contributed by atoms with Gasteiger partial charge in [0.25, 0.3) is 0 Å². The fraction of sp³-hybridized carbons (Fsp3) is 0.167. The van der Waals surface area contributed by atoms with Crippen LogP contribution in [0.3, 0.4) is 0 Å². The Morgan fingerprint density at radius 1 is 1.00 bits per heavy atom. The smallest absolute Gasteiger partial charge is 0.190 e. The molecule has 0 saturated carbocycles. The number of rotatable bonds is 1. The summed E-state index contributed by atoms with van der Waals surface area (Å²) in [5, 5.41) is 9.87. The molecule has 1 nitrogen and oxygen atoms in total. The van der Waals surface area contributed by atoms with Crippen LogP contribution in [0.1, 0.15) is 5.56 Å². The van der Waals surface area contributed by atoms with Gasteiger partial charge >= 0.3 is 0 Å². The number of hydrogen-bond acceptors (Lipinski definition) is 1. The first-order valence-electron chi connectivity index (χ1n) is 4.91. The second-order valence-corrected chi connectivity index (χ2v) is 6.87. The molecule has 6 heteroatoms. The summed E-state index contributed by atoms with van der Waals surface area (Å²) < 4.78 is -3.20. The number of hydrogen-bond donors (Lipinski definition) is 1. The second kappa shape index (κ2) is 4.81. The van der Waals surface area contributed by atoms with Crippen LogP contribution in [0.15, 0.2) is 41.4 Å². The highest BCUT2D eigenvalue weighted by Crippen LogP contribution is 2.55. The molecule has 96 valence electrons. The van der Waals surface area contributed by atoms with Crippen molar-refractivity contribution in [2.24, 2.45) is 0 Å². The van der Waals surface area contributed by atoms with Gasteiger partial charge in [-0.15, -0.1) is 0 Å². The normalized spacial score (nSPS) is 21.2. The second-order valence-electron chi connectivity index (χ2n) is 3.78. The molecule has 0 radical (unpaired) electrons. The summed E-state index contributed by atoms with van der Waals surface area (Å²) in [7, 11) is 0. The number of phenols is 1. The molecule has 0 unspecified atom stereocenters. The summed E-state index contributed by atoms with van der Waals surface area (Å²) >= 11 is 30.3. The average Bonchev–Trinajstić information content (AvgIpc) is 2.29. The van der Waals surface area contributed by atoms with Crippen LogP contribution in [-0.2, 0) is 0 Å². The highest BCUT2D eigenvalue weighted by molar-refractivity contribution is 6.68. The monoisotopic (exact) mass is 342 g/mol. The lowest BCUT2D eigenvalue weighted by atomic mass is 9.97. The van der Waals surface area contributed by atoms with Crippen molar-refractivity contribution in [1.29, 1.82) is 0 Å². The molecule has 0 aliphatic heterocycles. The highest BCUT2D eigenvalue weighted by Gasteiger charge is 2.51. The van der Waals surface area contributed by atoms with Crippen molar-refractivity contribution in [2.75, 3.05) is 0 Å². The van der Waals surface area contributed by atoms with E-state index < -0.39 is 8.67 Å². The zero-order chi connectivity index (χ0) is 13.6. The number of benzene rings is 1. The number of aromatic hydroxyl groups is 1. The van der Waals surface area contributed by atoms with Gasteiger partial charge in [-0.05, 0) is 12.1 Å². The lowest BCUT2D eigenvalue weighted by Gasteiger charge is -2.34. The van der Waals surface area contributed by atoms with Gasteiger partial charge in [0.05, 0.1) is 5.03 Å². The average molecular weight is 344 g/mol. The number of phenolic OH excluding ortho intramolecular Hbond substituents is 1. The van der Waals surface area contributed by atoms with Crippen molar-refractivity contribution in [3.05, 3.63) is 47.0 Å². The summed E-state index contributed by atoms with van der Waals surface area (Å²) in [6.45, 7) is 0. The summed E-state index contributed by atoms with van der Waals surface area (Å²) in [5.41, 5.74) is 0.991. The molecule has 0 bridgehead atoms. The van der Waals surface area contributed by atoms with E-state index >= 15 is 0 Å². The molecule has 0 atom stereocenters. The molecule has 1 aromatic carbocycles. The van der Waals surface area contributed by atoms with Gasteiger partial charge in [-0.1, -0.05) is 82.3 Å². The molecule has 0 amide bonds. The Labute approximate surface area is 130 Å². The van der Waals surface area contributed by atoms with Gasteiger partial charge in [0.15, 0.2) is 8.67 Å². The number of allylic oxidation sites excluding steroid dienone is 4. The van der Waals surface area contributed by atoms with Crippen molar-refractivity contribution in [2.45, 2.75) is 8.67 Å². The molecule has 1 aliphatic carbocycles. The van der Waals surface area contributed by atoms with Crippen molar-refractivity contribution in [3.63, 3.8) is 0 Å². The van der Waals surface area contributed by atoms with Crippen molar-refractivity contribution >= 4 is 63.6 Å². The lowest BCUT2D eigenvalue weighted by molar-refractivity contribution is 0.473. The Bertz CT molecular complexity index is 545. The van der Waals surface area contributed by atoms with Crippen molar-refractivity contribution in [1.82, 2.24) is 0 Å². The van der Waals surface area contributed by atoms with E-state index in [1.165, 1.54) is 12.1 Å². The van der Waals surface area contributed by atoms with Crippen molar-refractivity contribution < 1.29 is 5.11 Å². The topological polar surface area (TPSA) is 20.2 Å². The SMILES string of the molecule is Oc1ccccc1C1=C(Cl)C(Cl)(Cl)C(Cl)(Cl)C=C1. The zero-order valence-electron chi connectivity index (χ0n) is 8.80. The number of halogens is 5. The molecule has 1 aliphatic rings. The minimum Gasteiger partial charge on any atom is -0.507 e. The van der Waals surface area contributed by atoms with Crippen LogP contribution >= 0.6 is 58.0 Å². The van der Waals surface area contributed by atoms with E-state index in [0.717, 1.165) is 0 Å². The quantitative estimate of drug-likeness (QED) is 0.689. The molecular weight excluding hydrogens is 337 g/mol. The molecule has 0 fully saturated rings. The minimum atomic E-state index is -1.68. The van der Waals surface area contributed by atoms with E-state index in [1.807, 2.05) is 0 Å². The Kier molecular flexibility index (Phi) is 3.84. The van der Waals surface area contributed by atoms with Gasteiger partial charge in [-0.2, -0.15) is 0 Å². The first kappa shape index (κ1) is 14.4. The fourth-order valence-electron chi connectivity index (χ4n) is 1.59. The predicted octanol–water partition coefficient (Wildman–Crippen LogP) is 5.26. The first-order valence-corrected chi connectivity index (χ1v) is 6.80. The van der Waals surface area contributed by atoms with Crippen LogP contribution in [0.25, 0.3) is 5.57 Å². The predicted molar refractivity (Wildman–Crippen MR) is 78.9 cm³/mol.